The molecule has 1 aromatic heterocycles. The molecule has 2 amide bonds. The molecule has 1 heterocycles. The van der Waals surface area contributed by atoms with E-state index < -0.39 is 0 Å². The number of hydrogen-bond donors (Lipinski definition) is 2. The van der Waals surface area contributed by atoms with Gasteiger partial charge >= 0.3 is 6.03 Å². The summed E-state index contributed by atoms with van der Waals surface area (Å²) in [5.41, 5.74) is 2.33. The van der Waals surface area contributed by atoms with Gasteiger partial charge in [0.25, 0.3) is 0 Å². The molecule has 0 aliphatic rings. The van der Waals surface area contributed by atoms with E-state index in [1.165, 1.54) is 5.69 Å². The van der Waals surface area contributed by atoms with Gasteiger partial charge in [0.1, 0.15) is 0 Å². The Kier molecular flexibility index (Phi) is 4.82. The van der Waals surface area contributed by atoms with E-state index in [1.807, 2.05) is 4.68 Å². The Balaban J connectivity index is 2.52. The van der Waals surface area contributed by atoms with Gasteiger partial charge in [-0.05, 0) is 18.9 Å². The molecule has 1 aromatic rings. The fourth-order valence-corrected chi connectivity index (χ4v) is 1.53. The number of carbonyl (C=O) groups is 1. The van der Waals surface area contributed by atoms with Crippen LogP contribution >= 0.6 is 0 Å². The van der Waals surface area contributed by atoms with Gasteiger partial charge in [0.05, 0.1) is 12.2 Å². The van der Waals surface area contributed by atoms with Crippen molar-refractivity contribution in [1.29, 1.82) is 0 Å². The van der Waals surface area contributed by atoms with Crippen molar-refractivity contribution in [3.05, 3.63) is 17.5 Å². The zero-order chi connectivity index (χ0) is 12.0. The van der Waals surface area contributed by atoms with Gasteiger partial charge in [0.15, 0.2) is 0 Å². The standard InChI is InChI=1S/C11H20N4O/c1-4-9-8-10(5-2)15(14-9)7-6-13-11(16)12-3/h8H,4-7H2,1-3H3,(H2,12,13,16). The molecule has 0 spiro atoms. The van der Waals surface area contributed by atoms with E-state index in [0.717, 1.165) is 25.1 Å². The van der Waals surface area contributed by atoms with Gasteiger partial charge in [0, 0.05) is 19.3 Å². The molecule has 0 aliphatic heterocycles. The van der Waals surface area contributed by atoms with Gasteiger partial charge in [-0.1, -0.05) is 13.8 Å². The summed E-state index contributed by atoms with van der Waals surface area (Å²) in [6, 6.07) is 1.97. The van der Waals surface area contributed by atoms with Gasteiger partial charge in [-0.2, -0.15) is 5.10 Å². The number of aryl methyl sites for hydroxylation is 2. The molecule has 0 saturated carbocycles. The molecule has 16 heavy (non-hydrogen) atoms. The number of carbonyl (C=O) groups excluding carboxylic acids is 1. The second-order valence-electron chi connectivity index (χ2n) is 3.56. The summed E-state index contributed by atoms with van der Waals surface area (Å²) in [5.74, 6) is 0. The van der Waals surface area contributed by atoms with Crippen molar-refractivity contribution in [1.82, 2.24) is 20.4 Å². The summed E-state index contributed by atoms with van der Waals surface area (Å²) >= 11 is 0. The number of aromatic nitrogens is 2. The average Bonchev–Trinajstić information content (AvgIpc) is 2.71. The maximum atomic E-state index is 11.0. The van der Waals surface area contributed by atoms with Gasteiger partial charge in [0.2, 0.25) is 0 Å². The van der Waals surface area contributed by atoms with E-state index in [0.29, 0.717) is 6.54 Å². The minimum absolute atomic E-state index is 0.152. The number of amides is 2. The lowest BCUT2D eigenvalue weighted by molar-refractivity contribution is 0.242. The smallest absolute Gasteiger partial charge is 0.314 e. The number of nitrogens with one attached hydrogen (secondary N) is 2. The van der Waals surface area contributed by atoms with Gasteiger partial charge in [-0.3, -0.25) is 4.68 Å². The van der Waals surface area contributed by atoms with Crippen LogP contribution in [0.1, 0.15) is 25.2 Å². The summed E-state index contributed by atoms with van der Waals surface area (Å²) in [4.78, 5) is 11.0. The molecular weight excluding hydrogens is 204 g/mol. The Morgan fingerprint density at radius 1 is 1.44 bits per heavy atom. The highest BCUT2D eigenvalue weighted by Crippen LogP contribution is 2.05. The highest BCUT2D eigenvalue weighted by Gasteiger charge is 2.05. The molecule has 0 unspecified atom stereocenters. The van der Waals surface area contributed by atoms with E-state index in [1.54, 1.807) is 7.05 Å². The summed E-state index contributed by atoms with van der Waals surface area (Å²) in [6.45, 7) is 5.52. The van der Waals surface area contributed by atoms with Crippen molar-refractivity contribution in [3.63, 3.8) is 0 Å². The maximum absolute atomic E-state index is 11.0. The van der Waals surface area contributed by atoms with Crippen molar-refractivity contribution >= 4 is 6.03 Å². The van der Waals surface area contributed by atoms with Crippen molar-refractivity contribution in [2.24, 2.45) is 0 Å². The fourth-order valence-electron chi connectivity index (χ4n) is 1.53. The molecule has 0 bridgehead atoms. The second kappa shape index (κ2) is 6.15. The molecule has 2 N–H and O–H groups in total. The molecule has 0 aromatic carbocycles. The van der Waals surface area contributed by atoms with Gasteiger partial charge in [-0.25, -0.2) is 4.79 Å². The first-order valence-corrected chi connectivity index (χ1v) is 5.72. The van der Waals surface area contributed by atoms with Crippen molar-refractivity contribution < 1.29 is 4.79 Å². The maximum Gasteiger partial charge on any atom is 0.314 e. The van der Waals surface area contributed by atoms with Crippen LogP contribution in [0.25, 0.3) is 0 Å². The summed E-state index contributed by atoms with van der Waals surface area (Å²) in [5, 5.41) is 9.73. The van der Waals surface area contributed by atoms with Crippen molar-refractivity contribution in [3.8, 4) is 0 Å². The lowest BCUT2D eigenvalue weighted by Gasteiger charge is -2.07. The van der Waals surface area contributed by atoms with Gasteiger partial charge in [-0.15, -0.1) is 0 Å². The summed E-state index contributed by atoms with van der Waals surface area (Å²) in [7, 11) is 1.61. The Labute approximate surface area is 96.2 Å². The predicted molar refractivity (Wildman–Crippen MR) is 63.4 cm³/mol. The van der Waals surface area contributed by atoms with Crippen molar-refractivity contribution in [2.45, 2.75) is 33.2 Å². The third-order valence-corrected chi connectivity index (χ3v) is 2.47. The first kappa shape index (κ1) is 12.5. The minimum atomic E-state index is -0.152. The van der Waals surface area contributed by atoms with E-state index in [-0.39, 0.29) is 6.03 Å². The largest absolute Gasteiger partial charge is 0.341 e. The SMILES string of the molecule is CCc1cc(CC)n(CCNC(=O)NC)n1. The van der Waals surface area contributed by atoms with Crippen LogP contribution in [0.2, 0.25) is 0 Å². The van der Waals surface area contributed by atoms with Crippen LogP contribution in [-0.2, 0) is 19.4 Å². The van der Waals surface area contributed by atoms with Crippen LogP contribution < -0.4 is 10.6 Å². The van der Waals surface area contributed by atoms with Crippen LogP contribution in [-0.4, -0.2) is 29.4 Å². The monoisotopic (exact) mass is 224 g/mol. The zero-order valence-corrected chi connectivity index (χ0v) is 10.2. The Morgan fingerprint density at radius 2 is 2.19 bits per heavy atom. The molecule has 0 aliphatic carbocycles. The average molecular weight is 224 g/mol. The van der Waals surface area contributed by atoms with E-state index in [4.69, 9.17) is 0 Å². The highest BCUT2D eigenvalue weighted by molar-refractivity contribution is 5.73. The molecule has 0 fully saturated rings. The zero-order valence-electron chi connectivity index (χ0n) is 10.2. The van der Waals surface area contributed by atoms with Crippen LogP contribution in [0.15, 0.2) is 6.07 Å². The lowest BCUT2D eigenvalue weighted by atomic mass is 10.3. The first-order valence-electron chi connectivity index (χ1n) is 5.72. The molecular formula is C11H20N4O. The first-order chi connectivity index (χ1) is 7.71. The van der Waals surface area contributed by atoms with Crippen molar-refractivity contribution in [2.75, 3.05) is 13.6 Å². The number of rotatable bonds is 5. The van der Waals surface area contributed by atoms with E-state index in [2.05, 4.69) is 35.6 Å². The van der Waals surface area contributed by atoms with E-state index in [9.17, 15) is 4.79 Å². The topological polar surface area (TPSA) is 59.0 Å². The highest BCUT2D eigenvalue weighted by atomic mass is 16.2. The molecule has 0 radical (unpaired) electrons. The predicted octanol–water partition coefficient (Wildman–Crippen LogP) is 0.937. The fraction of sp³-hybridized carbons (Fsp3) is 0.636. The van der Waals surface area contributed by atoms with Crippen LogP contribution in [0.3, 0.4) is 0 Å². The van der Waals surface area contributed by atoms with E-state index >= 15 is 0 Å². The van der Waals surface area contributed by atoms with Crippen LogP contribution in [0.4, 0.5) is 4.79 Å². The Hall–Kier alpha value is -1.52. The summed E-state index contributed by atoms with van der Waals surface area (Å²) < 4.78 is 1.97. The minimum Gasteiger partial charge on any atom is -0.341 e. The summed E-state index contributed by atoms with van der Waals surface area (Å²) in [6.07, 6.45) is 1.91. The molecule has 0 saturated heterocycles. The van der Waals surface area contributed by atoms with Gasteiger partial charge < -0.3 is 10.6 Å². The third-order valence-electron chi connectivity index (χ3n) is 2.47. The third kappa shape index (κ3) is 3.25. The number of hydrogen-bond acceptors (Lipinski definition) is 2. The molecule has 5 nitrogen and oxygen atoms in total. The molecule has 90 valence electrons. The Morgan fingerprint density at radius 3 is 2.75 bits per heavy atom. The Bertz CT molecular complexity index is 346. The molecule has 1 rings (SSSR count). The molecule has 5 heteroatoms. The second-order valence-corrected chi connectivity index (χ2v) is 3.56. The lowest BCUT2D eigenvalue weighted by Crippen LogP contribution is -2.35. The number of urea groups is 1. The van der Waals surface area contributed by atoms with Crippen LogP contribution in [0.5, 0.6) is 0 Å². The quantitative estimate of drug-likeness (QED) is 0.782. The number of nitrogens with zero attached hydrogens (tertiary/aromatic N) is 2. The molecule has 0 atom stereocenters. The van der Waals surface area contributed by atoms with Crippen LogP contribution in [0, 0.1) is 0 Å². The normalized spacial score (nSPS) is 10.2.